The van der Waals surface area contributed by atoms with E-state index in [9.17, 15) is 0 Å². The fourth-order valence-corrected chi connectivity index (χ4v) is 3.16. The third kappa shape index (κ3) is 2.15. The Morgan fingerprint density at radius 3 is 2.65 bits per heavy atom. The summed E-state index contributed by atoms with van der Waals surface area (Å²) >= 11 is 0. The molecule has 0 atom stereocenters. The van der Waals surface area contributed by atoms with Crippen molar-refractivity contribution in [3.8, 4) is 0 Å². The Morgan fingerprint density at radius 2 is 1.90 bits per heavy atom. The first-order valence-electron chi connectivity index (χ1n) is 7.77. The van der Waals surface area contributed by atoms with Crippen molar-refractivity contribution in [1.29, 1.82) is 0 Å². The van der Waals surface area contributed by atoms with Crippen molar-refractivity contribution in [2.45, 2.75) is 57.4 Å². The number of anilines is 1. The fourth-order valence-electron chi connectivity index (χ4n) is 3.16. The molecule has 0 radical (unpaired) electrons. The van der Waals surface area contributed by atoms with Crippen molar-refractivity contribution in [1.82, 2.24) is 19.6 Å². The summed E-state index contributed by atoms with van der Waals surface area (Å²) in [5.74, 6) is 3.47. The van der Waals surface area contributed by atoms with E-state index < -0.39 is 0 Å². The standard InChI is InChI=1S/C15H21N5/c1-10-2-6-12(7-3-10)17-13-15-19-18-14(11-4-5-11)20(15)9-8-16-13/h8-12H,2-7H2,1H3,(H,16,17). The smallest absolute Gasteiger partial charge is 0.203 e. The molecule has 2 aliphatic carbocycles. The summed E-state index contributed by atoms with van der Waals surface area (Å²) in [6.07, 6.45) is 11.4. The maximum Gasteiger partial charge on any atom is 0.203 e. The minimum Gasteiger partial charge on any atom is -0.364 e. The molecule has 2 saturated carbocycles. The number of aromatic nitrogens is 4. The van der Waals surface area contributed by atoms with Crippen LogP contribution in [0.1, 0.15) is 57.2 Å². The van der Waals surface area contributed by atoms with Crippen LogP contribution in [-0.2, 0) is 0 Å². The molecule has 5 nitrogen and oxygen atoms in total. The third-order valence-corrected chi connectivity index (χ3v) is 4.65. The molecule has 0 spiro atoms. The van der Waals surface area contributed by atoms with Gasteiger partial charge in [-0.2, -0.15) is 0 Å². The van der Waals surface area contributed by atoms with Crippen LogP contribution in [0.3, 0.4) is 0 Å². The Kier molecular flexibility index (Phi) is 2.86. The normalized spacial score (nSPS) is 26.9. The highest BCUT2D eigenvalue weighted by Gasteiger charge is 2.29. The summed E-state index contributed by atoms with van der Waals surface area (Å²) in [7, 11) is 0. The van der Waals surface area contributed by atoms with Gasteiger partial charge in [-0.15, -0.1) is 10.2 Å². The Bertz CT molecular complexity index is 608. The monoisotopic (exact) mass is 271 g/mol. The topological polar surface area (TPSA) is 55.1 Å². The van der Waals surface area contributed by atoms with Crippen molar-refractivity contribution in [2.75, 3.05) is 5.32 Å². The van der Waals surface area contributed by atoms with Gasteiger partial charge in [-0.05, 0) is 44.4 Å². The van der Waals surface area contributed by atoms with Crippen LogP contribution in [0.15, 0.2) is 12.4 Å². The van der Waals surface area contributed by atoms with Crippen LogP contribution < -0.4 is 5.32 Å². The first-order valence-corrected chi connectivity index (χ1v) is 7.77. The molecule has 2 aromatic rings. The van der Waals surface area contributed by atoms with Crippen molar-refractivity contribution >= 4 is 11.5 Å². The van der Waals surface area contributed by atoms with Crippen LogP contribution in [0, 0.1) is 5.92 Å². The third-order valence-electron chi connectivity index (χ3n) is 4.65. The Morgan fingerprint density at radius 1 is 1.10 bits per heavy atom. The highest BCUT2D eigenvalue weighted by molar-refractivity contribution is 5.62. The lowest BCUT2D eigenvalue weighted by molar-refractivity contribution is 0.361. The molecule has 0 saturated heterocycles. The summed E-state index contributed by atoms with van der Waals surface area (Å²) in [6, 6.07) is 0.533. The molecule has 5 heteroatoms. The van der Waals surface area contributed by atoms with E-state index in [0.29, 0.717) is 12.0 Å². The van der Waals surface area contributed by atoms with E-state index in [0.717, 1.165) is 23.2 Å². The number of hydrogen-bond donors (Lipinski definition) is 1. The Labute approximate surface area is 118 Å². The summed E-state index contributed by atoms with van der Waals surface area (Å²) in [5.41, 5.74) is 0.882. The van der Waals surface area contributed by atoms with Gasteiger partial charge in [0.05, 0.1) is 0 Å². The number of hydrogen-bond acceptors (Lipinski definition) is 4. The molecule has 106 valence electrons. The van der Waals surface area contributed by atoms with Crippen molar-refractivity contribution in [3.05, 3.63) is 18.2 Å². The van der Waals surface area contributed by atoms with E-state index in [4.69, 9.17) is 0 Å². The molecule has 0 bridgehead atoms. The zero-order chi connectivity index (χ0) is 13.5. The van der Waals surface area contributed by atoms with Crippen molar-refractivity contribution in [2.24, 2.45) is 5.92 Å². The summed E-state index contributed by atoms with van der Waals surface area (Å²) in [6.45, 7) is 2.34. The molecule has 2 fully saturated rings. The van der Waals surface area contributed by atoms with Crippen LogP contribution in [0.2, 0.25) is 0 Å². The minimum atomic E-state index is 0.533. The quantitative estimate of drug-likeness (QED) is 0.932. The fraction of sp³-hybridized carbons (Fsp3) is 0.667. The van der Waals surface area contributed by atoms with Gasteiger partial charge in [0.25, 0.3) is 0 Å². The van der Waals surface area contributed by atoms with Gasteiger partial charge < -0.3 is 5.32 Å². The van der Waals surface area contributed by atoms with Gasteiger partial charge in [0.1, 0.15) is 5.82 Å². The van der Waals surface area contributed by atoms with Gasteiger partial charge in [0.2, 0.25) is 5.65 Å². The van der Waals surface area contributed by atoms with Crippen LogP contribution in [0.4, 0.5) is 5.82 Å². The zero-order valence-corrected chi connectivity index (χ0v) is 11.9. The predicted octanol–water partition coefficient (Wildman–Crippen LogP) is 2.99. The second kappa shape index (κ2) is 4.72. The molecule has 2 heterocycles. The van der Waals surface area contributed by atoms with Gasteiger partial charge in [0.15, 0.2) is 5.82 Å². The van der Waals surface area contributed by atoms with E-state index >= 15 is 0 Å². The van der Waals surface area contributed by atoms with E-state index in [1.54, 1.807) is 0 Å². The first-order chi connectivity index (χ1) is 9.81. The minimum absolute atomic E-state index is 0.533. The highest BCUT2D eigenvalue weighted by atomic mass is 15.3. The van der Waals surface area contributed by atoms with Gasteiger partial charge in [-0.3, -0.25) is 4.40 Å². The molecule has 2 aromatic heterocycles. The summed E-state index contributed by atoms with van der Waals surface area (Å²) in [4.78, 5) is 4.48. The van der Waals surface area contributed by atoms with Gasteiger partial charge in [-0.25, -0.2) is 4.98 Å². The molecular formula is C15H21N5. The van der Waals surface area contributed by atoms with Gasteiger partial charge in [0, 0.05) is 24.4 Å². The molecule has 0 aromatic carbocycles. The molecule has 1 N–H and O–H groups in total. The maximum absolute atomic E-state index is 4.48. The number of nitrogens with one attached hydrogen (secondary N) is 1. The van der Waals surface area contributed by atoms with Gasteiger partial charge >= 0.3 is 0 Å². The average molecular weight is 271 g/mol. The van der Waals surface area contributed by atoms with Crippen molar-refractivity contribution in [3.63, 3.8) is 0 Å². The molecule has 0 unspecified atom stereocenters. The number of nitrogens with zero attached hydrogens (tertiary/aromatic N) is 4. The maximum atomic E-state index is 4.48. The molecule has 0 aliphatic heterocycles. The van der Waals surface area contributed by atoms with Crippen LogP contribution >= 0.6 is 0 Å². The Hall–Kier alpha value is -1.65. The lowest BCUT2D eigenvalue weighted by Crippen LogP contribution is -2.26. The van der Waals surface area contributed by atoms with Crippen molar-refractivity contribution < 1.29 is 0 Å². The lowest BCUT2D eigenvalue weighted by atomic mass is 9.87. The second-order valence-corrected chi connectivity index (χ2v) is 6.40. The second-order valence-electron chi connectivity index (χ2n) is 6.40. The van der Waals surface area contributed by atoms with Crippen LogP contribution in [0.5, 0.6) is 0 Å². The summed E-state index contributed by atoms with van der Waals surface area (Å²) in [5, 5.41) is 12.3. The van der Waals surface area contributed by atoms with Crippen LogP contribution in [-0.4, -0.2) is 25.6 Å². The van der Waals surface area contributed by atoms with Gasteiger partial charge in [-0.1, -0.05) is 6.92 Å². The zero-order valence-electron chi connectivity index (χ0n) is 11.9. The summed E-state index contributed by atoms with van der Waals surface area (Å²) < 4.78 is 2.11. The van der Waals surface area contributed by atoms with E-state index in [2.05, 4.69) is 31.8 Å². The molecule has 20 heavy (non-hydrogen) atoms. The lowest BCUT2D eigenvalue weighted by Gasteiger charge is -2.27. The first kappa shape index (κ1) is 12.1. The number of rotatable bonds is 3. The SMILES string of the molecule is CC1CCC(Nc2nccn3c(C4CC4)nnc23)CC1. The molecular weight excluding hydrogens is 250 g/mol. The average Bonchev–Trinajstić information content (AvgIpc) is 3.21. The predicted molar refractivity (Wildman–Crippen MR) is 77.8 cm³/mol. The van der Waals surface area contributed by atoms with Crippen LogP contribution in [0.25, 0.3) is 5.65 Å². The van der Waals surface area contributed by atoms with E-state index in [1.807, 2.05) is 12.4 Å². The Balaban J connectivity index is 1.60. The molecule has 4 rings (SSSR count). The number of fused-ring (bicyclic) bond motifs is 1. The molecule has 2 aliphatic rings. The van der Waals surface area contributed by atoms with E-state index in [-0.39, 0.29) is 0 Å². The largest absolute Gasteiger partial charge is 0.364 e. The highest BCUT2D eigenvalue weighted by Crippen LogP contribution is 2.39. The molecule has 0 amide bonds. The van der Waals surface area contributed by atoms with E-state index in [1.165, 1.54) is 38.5 Å².